The van der Waals surface area contributed by atoms with Crippen LogP contribution in [0.3, 0.4) is 0 Å². The first-order valence-electron chi connectivity index (χ1n) is 9.45. The van der Waals surface area contributed by atoms with Crippen molar-refractivity contribution in [3.05, 3.63) is 57.9 Å². The van der Waals surface area contributed by atoms with E-state index in [1.165, 1.54) is 5.56 Å². The lowest BCUT2D eigenvalue weighted by Crippen LogP contribution is -2.31. The molecule has 0 fully saturated rings. The molecule has 1 atom stereocenters. The Morgan fingerprint density at radius 1 is 1.29 bits per heavy atom. The predicted octanol–water partition coefficient (Wildman–Crippen LogP) is 3.57. The molecule has 0 aliphatic carbocycles. The van der Waals surface area contributed by atoms with Crippen molar-refractivity contribution in [2.45, 2.75) is 53.1 Å². The van der Waals surface area contributed by atoms with Crippen molar-refractivity contribution >= 4 is 18.1 Å². The highest BCUT2D eigenvalue weighted by Crippen LogP contribution is 2.20. The van der Waals surface area contributed by atoms with E-state index in [1.54, 1.807) is 4.57 Å². The van der Waals surface area contributed by atoms with Crippen LogP contribution in [-0.4, -0.2) is 30.5 Å². The van der Waals surface area contributed by atoms with Crippen LogP contribution in [0, 0.1) is 18.6 Å². The smallest absolute Gasteiger partial charge is 0.240 e. The van der Waals surface area contributed by atoms with Gasteiger partial charge in [-0.25, -0.2) is 4.68 Å². The quantitative estimate of drug-likeness (QED) is 0.596. The van der Waals surface area contributed by atoms with Gasteiger partial charge in [0.05, 0.1) is 17.9 Å². The summed E-state index contributed by atoms with van der Waals surface area (Å²) in [7, 11) is 0. The van der Waals surface area contributed by atoms with Gasteiger partial charge < -0.3 is 5.32 Å². The highest BCUT2D eigenvalue weighted by molar-refractivity contribution is 7.71. The number of aromatic amines is 1. The van der Waals surface area contributed by atoms with Crippen LogP contribution in [0.5, 0.6) is 0 Å². The molecule has 0 aliphatic heterocycles. The van der Waals surface area contributed by atoms with Gasteiger partial charge in [0.1, 0.15) is 12.4 Å². The Morgan fingerprint density at radius 3 is 2.68 bits per heavy atom. The minimum absolute atomic E-state index is 0.107. The van der Waals surface area contributed by atoms with E-state index in [-0.39, 0.29) is 18.5 Å². The van der Waals surface area contributed by atoms with Crippen LogP contribution >= 0.6 is 12.2 Å². The van der Waals surface area contributed by atoms with E-state index in [4.69, 9.17) is 12.2 Å². The average molecular weight is 399 g/mol. The van der Waals surface area contributed by atoms with Gasteiger partial charge in [-0.05, 0) is 51.5 Å². The molecule has 28 heavy (non-hydrogen) atoms. The summed E-state index contributed by atoms with van der Waals surface area (Å²) in [5, 5.41) is 14.5. The number of carbonyl (C=O) groups is 1. The van der Waals surface area contributed by atoms with Gasteiger partial charge in [0, 0.05) is 17.7 Å². The first-order valence-corrected chi connectivity index (χ1v) is 9.86. The normalized spacial score (nSPS) is 12.1. The SMILES string of the molecule is CCCc1n[nH]c(=S)n1CC(=O)N[C@H](C)c1cnn(-c2ccc(C)cc2)c1C. The molecule has 0 spiro atoms. The van der Waals surface area contributed by atoms with Crippen molar-refractivity contribution in [2.75, 3.05) is 0 Å². The van der Waals surface area contributed by atoms with E-state index in [1.807, 2.05) is 36.9 Å². The van der Waals surface area contributed by atoms with Gasteiger partial charge >= 0.3 is 0 Å². The number of nitrogens with zero attached hydrogens (tertiary/aromatic N) is 4. The summed E-state index contributed by atoms with van der Waals surface area (Å²) < 4.78 is 4.11. The van der Waals surface area contributed by atoms with Crippen LogP contribution in [0.1, 0.15) is 49.0 Å². The third-order valence-corrected chi connectivity index (χ3v) is 5.09. The summed E-state index contributed by atoms with van der Waals surface area (Å²) in [4.78, 5) is 12.6. The van der Waals surface area contributed by atoms with E-state index in [0.717, 1.165) is 35.6 Å². The fourth-order valence-electron chi connectivity index (χ4n) is 3.23. The van der Waals surface area contributed by atoms with Gasteiger partial charge in [0.25, 0.3) is 0 Å². The number of hydrogen-bond donors (Lipinski definition) is 2. The fourth-order valence-corrected chi connectivity index (χ4v) is 3.45. The van der Waals surface area contributed by atoms with Gasteiger partial charge in [-0.2, -0.15) is 10.2 Å². The summed E-state index contributed by atoms with van der Waals surface area (Å²) >= 11 is 5.25. The standard InChI is InChI=1S/C20H26N6OS/c1-5-6-18-23-24-20(28)25(18)12-19(27)22-14(3)17-11-21-26(15(17)4)16-9-7-13(2)8-10-16/h7-11,14H,5-6,12H2,1-4H3,(H,22,27)(H,24,28)/t14-/m1/s1. The summed E-state index contributed by atoms with van der Waals surface area (Å²) in [5.41, 5.74) is 4.19. The second kappa shape index (κ2) is 8.52. The Bertz CT molecular complexity index is 1010. The molecular formula is C20H26N6OS. The number of aryl methyl sites for hydroxylation is 2. The van der Waals surface area contributed by atoms with Crippen molar-refractivity contribution in [2.24, 2.45) is 0 Å². The van der Waals surface area contributed by atoms with Crippen molar-refractivity contribution < 1.29 is 4.79 Å². The van der Waals surface area contributed by atoms with E-state index < -0.39 is 0 Å². The molecule has 1 aromatic carbocycles. The first-order chi connectivity index (χ1) is 13.4. The lowest BCUT2D eigenvalue weighted by Gasteiger charge is -2.15. The maximum absolute atomic E-state index is 12.6. The number of nitrogens with one attached hydrogen (secondary N) is 2. The van der Waals surface area contributed by atoms with Crippen molar-refractivity contribution in [3.63, 3.8) is 0 Å². The third-order valence-electron chi connectivity index (χ3n) is 4.78. The molecule has 2 N–H and O–H groups in total. The van der Waals surface area contributed by atoms with Crippen LogP contribution in [0.25, 0.3) is 5.69 Å². The molecule has 0 bridgehead atoms. The van der Waals surface area contributed by atoms with Gasteiger partial charge in [0.2, 0.25) is 5.91 Å². The Kier molecular flexibility index (Phi) is 6.08. The highest BCUT2D eigenvalue weighted by atomic mass is 32.1. The molecule has 3 rings (SSSR count). The van der Waals surface area contributed by atoms with E-state index >= 15 is 0 Å². The maximum Gasteiger partial charge on any atom is 0.240 e. The van der Waals surface area contributed by atoms with Crippen LogP contribution < -0.4 is 5.32 Å². The number of aromatic nitrogens is 5. The fraction of sp³-hybridized carbons (Fsp3) is 0.400. The number of rotatable bonds is 7. The molecule has 148 valence electrons. The maximum atomic E-state index is 12.6. The van der Waals surface area contributed by atoms with Crippen molar-refractivity contribution in [1.82, 2.24) is 29.9 Å². The number of carbonyl (C=O) groups excluding carboxylic acids is 1. The Balaban J connectivity index is 1.72. The monoisotopic (exact) mass is 398 g/mol. The molecule has 0 saturated heterocycles. The summed E-state index contributed by atoms with van der Waals surface area (Å²) in [5.74, 6) is 0.698. The van der Waals surface area contributed by atoms with Gasteiger partial charge in [-0.15, -0.1) is 0 Å². The number of H-pyrrole nitrogens is 1. The second-order valence-corrected chi connectivity index (χ2v) is 7.39. The summed E-state index contributed by atoms with van der Waals surface area (Å²) in [6.07, 6.45) is 3.53. The summed E-state index contributed by atoms with van der Waals surface area (Å²) in [6.45, 7) is 8.25. The van der Waals surface area contributed by atoms with Crippen molar-refractivity contribution in [3.8, 4) is 5.69 Å². The zero-order valence-corrected chi connectivity index (χ0v) is 17.5. The van der Waals surface area contributed by atoms with Crippen molar-refractivity contribution in [1.29, 1.82) is 0 Å². The van der Waals surface area contributed by atoms with Gasteiger partial charge in [-0.3, -0.25) is 14.5 Å². The molecule has 8 heteroatoms. The molecule has 2 aromatic heterocycles. The molecule has 1 amide bonds. The number of benzene rings is 1. The molecule has 0 radical (unpaired) electrons. The molecule has 3 aromatic rings. The largest absolute Gasteiger partial charge is 0.348 e. The van der Waals surface area contributed by atoms with Crippen LogP contribution in [0.4, 0.5) is 0 Å². The second-order valence-electron chi connectivity index (χ2n) is 7.00. The summed E-state index contributed by atoms with van der Waals surface area (Å²) in [6, 6.07) is 8.03. The Hall–Kier alpha value is -2.74. The minimum atomic E-state index is -0.164. The Morgan fingerprint density at radius 2 is 2.00 bits per heavy atom. The van der Waals surface area contributed by atoms with Crippen LogP contribution in [0.15, 0.2) is 30.5 Å². The lowest BCUT2D eigenvalue weighted by molar-refractivity contribution is -0.122. The van der Waals surface area contributed by atoms with E-state index in [0.29, 0.717) is 4.77 Å². The molecule has 2 heterocycles. The van der Waals surface area contributed by atoms with Gasteiger partial charge in [-0.1, -0.05) is 24.6 Å². The number of amides is 1. The zero-order valence-electron chi connectivity index (χ0n) is 16.7. The van der Waals surface area contributed by atoms with Crippen LogP contribution in [0.2, 0.25) is 0 Å². The average Bonchev–Trinajstić information content (AvgIpc) is 3.20. The Labute approximate surface area is 169 Å². The minimum Gasteiger partial charge on any atom is -0.348 e. The number of hydrogen-bond acceptors (Lipinski definition) is 4. The topological polar surface area (TPSA) is 80.5 Å². The molecular weight excluding hydrogens is 372 g/mol. The van der Waals surface area contributed by atoms with Crippen LogP contribution in [-0.2, 0) is 17.8 Å². The highest BCUT2D eigenvalue weighted by Gasteiger charge is 2.17. The molecule has 0 unspecified atom stereocenters. The zero-order chi connectivity index (χ0) is 20.3. The molecule has 0 saturated carbocycles. The molecule has 7 nitrogen and oxygen atoms in total. The molecule has 0 aliphatic rings. The predicted molar refractivity (Wildman–Crippen MR) is 111 cm³/mol. The van der Waals surface area contributed by atoms with Gasteiger partial charge in [0.15, 0.2) is 4.77 Å². The lowest BCUT2D eigenvalue weighted by atomic mass is 10.1. The third kappa shape index (κ3) is 4.22. The van der Waals surface area contributed by atoms with E-state index in [2.05, 4.69) is 46.6 Å². The first kappa shape index (κ1) is 20.0. The van der Waals surface area contributed by atoms with E-state index in [9.17, 15) is 4.79 Å².